The van der Waals surface area contributed by atoms with E-state index in [0.717, 1.165) is 13.0 Å². The van der Waals surface area contributed by atoms with Crippen molar-refractivity contribution in [1.29, 1.82) is 0 Å². The van der Waals surface area contributed by atoms with E-state index in [0.29, 0.717) is 0 Å². The Morgan fingerprint density at radius 1 is 1.00 bits per heavy atom. The summed E-state index contributed by atoms with van der Waals surface area (Å²) in [5.41, 5.74) is 6.80. The second kappa shape index (κ2) is 7.04. The Balaban J connectivity index is 2.83. The maximum Gasteiger partial charge on any atom is 0.0609 e. The molecule has 0 aliphatic carbocycles. The molecular formula is C16H27NO2. The molecule has 0 aliphatic heterocycles. The number of hydrogen-bond acceptors (Lipinski definition) is 3. The predicted molar refractivity (Wildman–Crippen MR) is 79.7 cm³/mol. The van der Waals surface area contributed by atoms with Crippen molar-refractivity contribution in [3.8, 4) is 0 Å². The Kier molecular flexibility index (Phi) is 5.98. The quantitative estimate of drug-likeness (QED) is 0.823. The molecule has 3 nitrogen and oxygen atoms in total. The molecule has 0 unspecified atom stereocenters. The van der Waals surface area contributed by atoms with Crippen molar-refractivity contribution < 1.29 is 10.2 Å². The summed E-state index contributed by atoms with van der Waals surface area (Å²) in [6.07, 6.45) is 0.952. The Labute approximate surface area is 116 Å². The van der Waals surface area contributed by atoms with Crippen LogP contribution in [-0.4, -0.2) is 48.0 Å². The third-order valence-electron chi connectivity index (χ3n) is 4.28. The van der Waals surface area contributed by atoms with Crippen LogP contribution in [0.5, 0.6) is 0 Å². The molecule has 1 aromatic rings. The van der Waals surface area contributed by atoms with Gasteiger partial charge in [0.15, 0.2) is 0 Å². The SMILES string of the molecule is Cc1cc(C)c(C)c(CCN(C)C(CO)CO)c1C. The van der Waals surface area contributed by atoms with Gasteiger partial charge in [0.1, 0.15) is 0 Å². The number of aliphatic hydroxyl groups excluding tert-OH is 2. The molecule has 0 saturated heterocycles. The molecule has 108 valence electrons. The average molecular weight is 265 g/mol. The van der Waals surface area contributed by atoms with Crippen molar-refractivity contribution in [3.05, 3.63) is 33.9 Å². The van der Waals surface area contributed by atoms with Crippen LogP contribution in [0.2, 0.25) is 0 Å². The van der Waals surface area contributed by atoms with Crippen LogP contribution in [0.1, 0.15) is 27.8 Å². The highest BCUT2D eigenvalue weighted by molar-refractivity contribution is 5.44. The lowest BCUT2D eigenvalue weighted by Gasteiger charge is -2.25. The van der Waals surface area contributed by atoms with E-state index in [1.807, 2.05) is 11.9 Å². The standard InChI is InChI=1S/C16H27NO2/c1-11-8-12(2)14(4)16(13(11)3)6-7-17(5)15(9-18)10-19/h8,15,18-19H,6-7,9-10H2,1-5H3. The fourth-order valence-corrected chi connectivity index (χ4v) is 2.48. The summed E-state index contributed by atoms with van der Waals surface area (Å²) in [5.74, 6) is 0. The van der Waals surface area contributed by atoms with Gasteiger partial charge in [0.05, 0.1) is 19.3 Å². The zero-order valence-corrected chi connectivity index (χ0v) is 12.8. The second-order valence-corrected chi connectivity index (χ2v) is 5.49. The van der Waals surface area contributed by atoms with Crippen molar-refractivity contribution >= 4 is 0 Å². The lowest BCUT2D eigenvalue weighted by atomic mass is 9.92. The van der Waals surface area contributed by atoms with Crippen molar-refractivity contribution in [1.82, 2.24) is 4.90 Å². The predicted octanol–water partition coefficient (Wildman–Crippen LogP) is 1.75. The molecule has 0 saturated carbocycles. The van der Waals surface area contributed by atoms with E-state index in [-0.39, 0.29) is 19.3 Å². The molecule has 0 radical (unpaired) electrons. The fraction of sp³-hybridized carbons (Fsp3) is 0.625. The summed E-state index contributed by atoms with van der Waals surface area (Å²) in [4.78, 5) is 2.02. The first-order valence-corrected chi connectivity index (χ1v) is 6.90. The van der Waals surface area contributed by atoms with Gasteiger partial charge in [-0.25, -0.2) is 0 Å². The highest BCUT2D eigenvalue weighted by atomic mass is 16.3. The molecule has 1 aromatic carbocycles. The van der Waals surface area contributed by atoms with Gasteiger partial charge in [-0.15, -0.1) is 0 Å². The van der Waals surface area contributed by atoms with Crippen molar-refractivity contribution in [2.45, 2.75) is 40.2 Å². The Morgan fingerprint density at radius 2 is 1.47 bits per heavy atom. The first-order valence-electron chi connectivity index (χ1n) is 6.90. The van der Waals surface area contributed by atoms with Gasteiger partial charge in [0.25, 0.3) is 0 Å². The molecule has 0 atom stereocenters. The van der Waals surface area contributed by atoms with Crippen LogP contribution in [0.25, 0.3) is 0 Å². The highest BCUT2D eigenvalue weighted by Crippen LogP contribution is 2.22. The monoisotopic (exact) mass is 265 g/mol. The maximum absolute atomic E-state index is 9.19. The number of aryl methyl sites for hydroxylation is 2. The van der Waals surface area contributed by atoms with E-state index in [2.05, 4.69) is 33.8 Å². The Hall–Kier alpha value is -0.900. The first-order chi connectivity index (χ1) is 8.92. The van der Waals surface area contributed by atoms with E-state index in [1.54, 1.807) is 0 Å². The van der Waals surface area contributed by atoms with Crippen molar-refractivity contribution in [2.24, 2.45) is 0 Å². The number of aliphatic hydroxyl groups is 2. The van der Waals surface area contributed by atoms with Gasteiger partial charge in [-0.2, -0.15) is 0 Å². The summed E-state index contributed by atoms with van der Waals surface area (Å²) in [7, 11) is 1.95. The summed E-state index contributed by atoms with van der Waals surface area (Å²) in [5, 5.41) is 18.4. The Morgan fingerprint density at radius 3 is 1.89 bits per heavy atom. The normalized spacial score (nSPS) is 11.6. The van der Waals surface area contributed by atoms with Crippen LogP contribution in [-0.2, 0) is 6.42 Å². The molecule has 0 heterocycles. The summed E-state index contributed by atoms with van der Waals surface area (Å²) >= 11 is 0. The molecule has 2 N–H and O–H groups in total. The maximum atomic E-state index is 9.19. The smallest absolute Gasteiger partial charge is 0.0609 e. The molecule has 0 spiro atoms. The van der Waals surface area contributed by atoms with Gasteiger partial charge in [0, 0.05) is 6.54 Å². The van der Waals surface area contributed by atoms with E-state index in [4.69, 9.17) is 0 Å². The minimum atomic E-state index is -0.161. The number of rotatable bonds is 6. The molecule has 0 aromatic heterocycles. The number of benzene rings is 1. The minimum absolute atomic E-state index is 0.00217. The summed E-state index contributed by atoms with van der Waals surface area (Å²) < 4.78 is 0. The Bertz CT molecular complexity index is 399. The lowest BCUT2D eigenvalue weighted by Crippen LogP contribution is -2.39. The van der Waals surface area contributed by atoms with Crippen LogP contribution in [0.3, 0.4) is 0 Å². The largest absolute Gasteiger partial charge is 0.395 e. The molecule has 0 aliphatic rings. The van der Waals surface area contributed by atoms with Crippen LogP contribution in [0.15, 0.2) is 6.07 Å². The number of nitrogens with zero attached hydrogens (tertiary/aromatic N) is 1. The molecule has 0 fully saturated rings. The summed E-state index contributed by atoms with van der Waals surface area (Å²) in [6.45, 7) is 9.49. The third kappa shape index (κ3) is 3.78. The van der Waals surface area contributed by atoms with Gasteiger partial charge < -0.3 is 10.2 Å². The van der Waals surface area contributed by atoms with E-state index >= 15 is 0 Å². The van der Waals surface area contributed by atoms with Gasteiger partial charge in [-0.3, -0.25) is 4.90 Å². The van der Waals surface area contributed by atoms with Crippen LogP contribution < -0.4 is 0 Å². The van der Waals surface area contributed by atoms with Crippen molar-refractivity contribution in [3.63, 3.8) is 0 Å². The molecule has 19 heavy (non-hydrogen) atoms. The second-order valence-electron chi connectivity index (χ2n) is 5.49. The van der Waals surface area contributed by atoms with Gasteiger partial charge in [-0.1, -0.05) is 6.07 Å². The minimum Gasteiger partial charge on any atom is -0.395 e. The molecule has 0 bridgehead atoms. The molecule has 0 amide bonds. The van der Waals surface area contributed by atoms with Gasteiger partial charge in [0.2, 0.25) is 0 Å². The van der Waals surface area contributed by atoms with E-state index in [9.17, 15) is 10.2 Å². The molecule has 1 rings (SSSR count). The van der Waals surface area contributed by atoms with Gasteiger partial charge >= 0.3 is 0 Å². The van der Waals surface area contributed by atoms with Crippen LogP contribution >= 0.6 is 0 Å². The van der Waals surface area contributed by atoms with E-state index < -0.39 is 0 Å². The zero-order chi connectivity index (χ0) is 14.6. The highest BCUT2D eigenvalue weighted by Gasteiger charge is 2.14. The zero-order valence-electron chi connectivity index (χ0n) is 12.8. The van der Waals surface area contributed by atoms with Crippen molar-refractivity contribution in [2.75, 3.05) is 26.8 Å². The average Bonchev–Trinajstić information content (AvgIpc) is 2.38. The first kappa shape index (κ1) is 16.2. The molecule has 3 heteroatoms. The summed E-state index contributed by atoms with van der Waals surface area (Å²) in [6, 6.07) is 2.08. The van der Waals surface area contributed by atoms with Crippen LogP contribution in [0.4, 0.5) is 0 Å². The number of hydrogen-bond donors (Lipinski definition) is 2. The topological polar surface area (TPSA) is 43.7 Å². The van der Waals surface area contributed by atoms with E-state index in [1.165, 1.54) is 27.8 Å². The third-order valence-corrected chi connectivity index (χ3v) is 4.28. The number of likely N-dealkylation sites (N-methyl/N-ethyl adjacent to an activating group) is 1. The molecular weight excluding hydrogens is 238 g/mol. The fourth-order valence-electron chi connectivity index (χ4n) is 2.48. The van der Waals surface area contributed by atoms with Gasteiger partial charge in [-0.05, 0) is 69.0 Å². The van der Waals surface area contributed by atoms with Crippen LogP contribution in [0, 0.1) is 27.7 Å². The lowest BCUT2D eigenvalue weighted by molar-refractivity contribution is 0.0925.